The number of H-pyrrole nitrogens is 1. The molecule has 3 heterocycles. The second-order valence-electron chi connectivity index (χ2n) is 5.22. The van der Waals surface area contributed by atoms with Gasteiger partial charge in [0.25, 0.3) is 0 Å². The first-order chi connectivity index (χ1) is 9.36. The van der Waals surface area contributed by atoms with Gasteiger partial charge in [-0.25, -0.2) is 0 Å². The standard InChI is InChI=1S/C16H16N2O/c19-10-11-5-6-15-16-13(7-8-18(15)9-11)12-3-1-2-4-14(12)17-16/h1-6,9,15,17,19H,7-8,10H2. The Balaban J connectivity index is 1.85. The first-order valence-electron chi connectivity index (χ1n) is 6.72. The van der Waals surface area contributed by atoms with Gasteiger partial charge < -0.3 is 15.0 Å². The smallest absolute Gasteiger partial charge is 0.0876 e. The zero-order chi connectivity index (χ0) is 12.8. The molecule has 2 N–H and O–H groups in total. The second-order valence-corrected chi connectivity index (χ2v) is 5.22. The van der Waals surface area contributed by atoms with E-state index < -0.39 is 0 Å². The lowest BCUT2D eigenvalue weighted by atomic mass is 9.95. The van der Waals surface area contributed by atoms with E-state index in [1.807, 2.05) is 6.08 Å². The molecule has 0 radical (unpaired) electrons. The molecule has 2 aliphatic rings. The molecular formula is C16H16N2O. The minimum atomic E-state index is 0.110. The molecule has 1 aromatic carbocycles. The molecule has 0 fully saturated rings. The summed E-state index contributed by atoms with van der Waals surface area (Å²) >= 11 is 0. The van der Waals surface area contributed by atoms with Crippen LogP contribution in [0.3, 0.4) is 0 Å². The molecule has 2 aromatic rings. The summed E-state index contributed by atoms with van der Waals surface area (Å²) in [5.74, 6) is 0. The number of nitrogens with zero attached hydrogens (tertiary/aromatic N) is 1. The summed E-state index contributed by atoms with van der Waals surface area (Å²) in [5.41, 5.74) is 4.95. The van der Waals surface area contributed by atoms with E-state index in [9.17, 15) is 5.11 Å². The van der Waals surface area contributed by atoms with Crippen molar-refractivity contribution < 1.29 is 5.11 Å². The maximum atomic E-state index is 9.24. The van der Waals surface area contributed by atoms with Crippen LogP contribution >= 0.6 is 0 Å². The van der Waals surface area contributed by atoms with Crippen molar-refractivity contribution in [2.24, 2.45) is 0 Å². The number of aliphatic hydroxyl groups is 1. The molecule has 0 saturated carbocycles. The Labute approximate surface area is 111 Å². The van der Waals surface area contributed by atoms with Gasteiger partial charge in [-0.2, -0.15) is 0 Å². The molecule has 1 aromatic heterocycles. The highest BCUT2D eigenvalue weighted by molar-refractivity contribution is 5.85. The summed E-state index contributed by atoms with van der Waals surface area (Å²) in [6.45, 7) is 1.12. The van der Waals surface area contributed by atoms with Crippen molar-refractivity contribution in [3.63, 3.8) is 0 Å². The molecule has 1 atom stereocenters. The van der Waals surface area contributed by atoms with Crippen LogP contribution in [0, 0.1) is 0 Å². The number of fused-ring (bicyclic) bond motifs is 5. The average Bonchev–Trinajstić information content (AvgIpc) is 2.85. The van der Waals surface area contributed by atoms with Crippen LogP contribution in [0.25, 0.3) is 10.9 Å². The third kappa shape index (κ3) is 1.55. The zero-order valence-electron chi connectivity index (χ0n) is 10.6. The molecule has 3 nitrogen and oxygen atoms in total. The molecule has 4 rings (SSSR count). The first kappa shape index (κ1) is 10.9. The van der Waals surface area contributed by atoms with Crippen molar-refractivity contribution in [3.05, 3.63) is 59.4 Å². The van der Waals surface area contributed by atoms with Crippen molar-refractivity contribution in [2.45, 2.75) is 12.5 Å². The van der Waals surface area contributed by atoms with E-state index in [4.69, 9.17) is 0 Å². The van der Waals surface area contributed by atoms with Crippen LogP contribution in [-0.2, 0) is 6.42 Å². The summed E-state index contributed by atoms with van der Waals surface area (Å²) in [6.07, 6.45) is 7.35. The lowest BCUT2D eigenvalue weighted by Crippen LogP contribution is -2.32. The maximum absolute atomic E-state index is 9.24. The SMILES string of the molecule is OCC1=CN2CCc3c([nH]c4ccccc34)C2C=C1. The zero-order valence-corrected chi connectivity index (χ0v) is 10.6. The minimum Gasteiger partial charge on any atom is -0.392 e. The fraction of sp³-hybridized carbons (Fsp3) is 0.250. The van der Waals surface area contributed by atoms with Gasteiger partial charge in [0.1, 0.15) is 0 Å². The van der Waals surface area contributed by atoms with Crippen LogP contribution in [0.2, 0.25) is 0 Å². The number of aromatic nitrogens is 1. The minimum absolute atomic E-state index is 0.110. The van der Waals surface area contributed by atoms with E-state index in [-0.39, 0.29) is 12.6 Å². The summed E-state index contributed by atoms with van der Waals surface area (Å²) in [5, 5.41) is 10.6. The highest BCUT2D eigenvalue weighted by Gasteiger charge is 2.28. The Morgan fingerprint density at radius 1 is 1.32 bits per heavy atom. The number of hydrogen-bond acceptors (Lipinski definition) is 2. The third-order valence-electron chi connectivity index (χ3n) is 4.13. The van der Waals surface area contributed by atoms with Gasteiger partial charge in [0.2, 0.25) is 0 Å². The number of rotatable bonds is 1. The molecule has 2 aliphatic heterocycles. The van der Waals surface area contributed by atoms with Crippen molar-refractivity contribution in [1.82, 2.24) is 9.88 Å². The van der Waals surface area contributed by atoms with E-state index >= 15 is 0 Å². The number of aromatic amines is 1. The van der Waals surface area contributed by atoms with E-state index in [1.165, 1.54) is 22.2 Å². The van der Waals surface area contributed by atoms with Crippen LogP contribution in [0.5, 0.6) is 0 Å². The monoisotopic (exact) mass is 252 g/mol. The molecule has 1 unspecified atom stereocenters. The Hall–Kier alpha value is -2.00. The quantitative estimate of drug-likeness (QED) is 0.818. The molecule has 96 valence electrons. The average molecular weight is 252 g/mol. The van der Waals surface area contributed by atoms with Gasteiger partial charge in [-0.1, -0.05) is 30.4 Å². The Morgan fingerprint density at radius 3 is 3.11 bits per heavy atom. The molecule has 0 aliphatic carbocycles. The highest BCUT2D eigenvalue weighted by atomic mass is 16.3. The Kier molecular flexibility index (Phi) is 2.29. The third-order valence-corrected chi connectivity index (χ3v) is 4.13. The van der Waals surface area contributed by atoms with Gasteiger partial charge in [-0.3, -0.25) is 0 Å². The number of aliphatic hydroxyl groups excluding tert-OH is 1. The summed E-state index contributed by atoms with van der Waals surface area (Å²) in [7, 11) is 0. The maximum Gasteiger partial charge on any atom is 0.0876 e. The summed E-state index contributed by atoms with van der Waals surface area (Å²) in [4.78, 5) is 5.87. The van der Waals surface area contributed by atoms with Crippen molar-refractivity contribution in [3.8, 4) is 0 Å². The number of nitrogens with one attached hydrogen (secondary N) is 1. The predicted molar refractivity (Wildman–Crippen MR) is 75.8 cm³/mol. The number of hydrogen-bond donors (Lipinski definition) is 2. The molecule has 0 bridgehead atoms. The van der Waals surface area contributed by atoms with E-state index in [1.54, 1.807) is 0 Å². The van der Waals surface area contributed by atoms with Crippen LogP contribution in [0.15, 0.2) is 48.2 Å². The summed E-state index contributed by atoms with van der Waals surface area (Å²) < 4.78 is 0. The van der Waals surface area contributed by atoms with E-state index in [0.717, 1.165) is 18.5 Å². The normalized spacial score (nSPS) is 21.2. The molecule has 0 saturated heterocycles. The van der Waals surface area contributed by atoms with Crippen LogP contribution in [-0.4, -0.2) is 28.1 Å². The predicted octanol–water partition coefficient (Wildman–Crippen LogP) is 2.51. The Morgan fingerprint density at radius 2 is 2.21 bits per heavy atom. The van der Waals surface area contributed by atoms with E-state index in [2.05, 4.69) is 46.4 Å². The van der Waals surface area contributed by atoms with Crippen LogP contribution in [0.1, 0.15) is 17.3 Å². The van der Waals surface area contributed by atoms with Crippen LogP contribution < -0.4 is 0 Å². The molecule has 3 heteroatoms. The fourth-order valence-electron chi connectivity index (χ4n) is 3.20. The molecular weight excluding hydrogens is 236 g/mol. The van der Waals surface area contributed by atoms with Crippen LogP contribution in [0.4, 0.5) is 0 Å². The van der Waals surface area contributed by atoms with Gasteiger partial charge in [-0.15, -0.1) is 0 Å². The summed E-state index contributed by atoms with van der Waals surface area (Å²) in [6, 6.07) is 8.79. The topological polar surface area (TPSA) is 39.3 Å². The van der Waals surface area contributed by atoms with Gasteiger partial charge in [0.15, 0.2) is 0 Å². The van der Waals surface area contributed by atoms with Gasteiger partial charge in [-0.05, 0) is 23.6 Å². The second kappa shape index (κ2) is 4.00. The fourth-order valence-corrected chi connectivity index (χ4v) is 3.20. The van der Waals surface area contributed by atoms with Crippen molar-refractivity contribution in [2.75, 3.05) is 13.2 Å². The largest absolute Gasteiger partial charge is 0.392 e. The Bertz CT molecular complexity index is 696. The molecule has 0 amide bonds. The van der Waals surface area contributed by atoms with Gasteiger partial charge in [0.05, 0.1) is 12.6 Å². The van der Waals surface area contributed by atoms with Crippen molar-refractivity contribution in [1.29, 1.82) is 0 Å². The molecule has 0 spiro atoms. The lowest BCUT2D eigenvalue weighted by Gasteiger charge is -2.35. The molecule has 19 heavy (non-hydrogen) atoms. The lowest BCUT2D eigenvalue weighted by molar-refractivity contribution is 0.284. The van der Waals surface area contributed by atoms with Gasteiger partial charge >= 0.3 is 0 Å². The van der Waals surface area contributed by atoms with Gasteiger partial charge in [0, 0.05) is 29.3 Å². The highest BCUT2D eigenvalue weighted by Crippen LogP contribution is 2.37. The van der Waals surface area contributed by atoms with Crippen molar-refractivity contribution >= 4 is 10.9 Å². The van der Waals surface area contributed by atoms with E-state index in [0.29, 0.717) is 0 Å². The number of benzene rings is 1. The number of para-hydroxylation sites is 1. The first-order valence-corrected chi connectivity index (χ1v) is 6.72.